The van der Waals surface area contributed by atoms with Gasteiger partial charge < -0.3 is 5.32 Å². The van der Waals surface area contributed by atoms with E-state index in [9.17, 15) is 17.6 Å². The zero-order valence-corrected chi connectivity index (χ0v) is 17.8. The molecule has 0 spiro atoms. The molecule has 160 valence electrons. The lowest BCUT2D eigenvalue weighted by atomic mass is 9.92. The summed E-state index contributed by atoms with van der Waals surface area (Å²) in [6.45, 7) is 1.02. The lowest BCUT2D eigenvalue weighted by molar-refractivity contribution is -0.126. The summed E-state index contributed by atoms with van der Waals surface area (Å²) in [5, 5.41) is 2.88. The number of nitrogens with zero attached hydrogens (tertiary/aromatic N) is 1. The van der Waals surface area contributed by atoms with Crippen LogP contribution in [0.25, 0.3) is 0 Å². The molecule has 0 atom stereocenters. The van der Waals surface area contributed by atoms with Crippen molar-refractivity contribution in [3.05, 3.63) is 65.0 Å². The smallest absolute Gasteiger partial charge is 0.243 e. The molecular weight excluding hydrogens is 403 g/mol. The van der Waals surface area contributed by atoms with E-state index in [0.29, 0.717) is 37.4 Å². The first-order valence-corrected chi connectivity index (χ1v) is 12.0. The first-order chi connectivity index (χ1) is 14.4. The van der Waals surface area contributed by atoms with Gasteiger partial charge in [-0.25, -0.2) is 12.8 Å². The number of nitrogens with one attached hydrogen (secondary N) is 1. The summed E-state index contributed by atoms with van der Waals surface area (Å²) in [5.41, 5.74) is 3.24. The molecule has 2 aliphatic rings. The van der Waals surface area contributed by atoms with Crippen molar-refractivity contribution in [2.75, 3.05) is 13.1 Å². The van der Waals surface area contributed by atoms with Crippen molar-refractivity contribution < 1.29 is 17.6 Å². The van der Waals surface area contributed by atoms with E-state index in [0.717, 1.165) is 36.8 Å². The van der Waals surface area contributed by atoms with Crippen LogP contribution in [0.5, 0.6) is 0 Å². The number of carbonyl (C=O) groups is 1. The Kier molecular flexibility index (Phi) is 6.20. The van der Waals surface area contributed by atoms with Crippen molar-refractivity contribution in [1.82, 2.24) is 9.62 Å². The monoisotopic (exact) mass is 430 g/mol. The second-order valence-corrected chi connectivity index (χ2v) is 10.1. The number of aryl methyl sites for hydroxylation is 2. The molecule has 30 heavy (non-hydrogen) atoms. The molecule has 1 aliphatic carbocycles. The molecule has 1 aliphatic heterocycles. The molecule has 4 rings (SSSR count). The molecule has 0 saturated carbocycles. The maximum Gasteiger partial charge on any atom is 0.243 e. The maximum absolute atomic E-state index is 13.1. The Hall–Kier alpha value is -2.25. The van der Waals surface area contributed by atoms with Crippen LogP contribution in [0, 0.1) is 11.7 Å². The highest BCUT2D eigenvalue weighted by Gasteiger charge is 2.32. The summed E-state index contributed by atoms with van der Waals surface area (Å²) < 4.78 is 40.6. The first-order valence-electron chi connectivity index (χ1n) is 10.6. The number of hydrogen-bond donors (Lipinski definition) is 1. The minimum Gasteiger partial charge on any atom is -0.352 e. The van der Waals surface area contributed by atoms with Crippen LogP contribution in [0.3, 0.4) is 0 Å². The summed E-state index contributed by atoms with van der Waals surface area (Å²) in [6.07, 6.45) is 5.23. The fourth-order valence-corrected chi connectivity index (χ4v) is 5.83. The van der Waals surface area contributed by atoms with Gasteiger partial charge in [0, 0.05) is 25.6 Å². The van der Waals surface area contributed by atoms with Gasteiger partial charge in [-0.1, -0.05) is 18.2 Å². The molecular formula is C23H27FN2O3S. The van der Waals surface area contributed by atoms with Crippen LogP contribution < -0.4 is 5.32 Å². The molecule has 0 unspecified atom stereocenters. The van der Waals surface area contributed by atoms with Gasteiger partial charge in [-0.2, -0.15) is 4.31 Å². The normalized spacial score (nSPS) is 18.0. The standard InChI is InChI=1S/C23H27FN2O3S/c24-21-8-5-17(6-9-21)16-25-23(27)19-11-13-26(14-12-19)30(28,29)22-10-7-18-3-1-2-4-20(18)15-22/h5-10,15,19H,1-4,11-14,16H2,(H,25,27). The minimum absolute atomic E-state index is 0.0786. The third-order valence-corrected chi connectivity index (χ3v) is 8.06. The SMILES string of the molecule is O=C(NCc1ccc(F)cc1)C1CCN(S(=O)(=O)c2ccc3c(c2)CCCC3)CC1. The molecule has 2 aromatic rings. The molecule has 1 heterocycles. The van der Waals surface area contributed by atoms with Gasteiger partial charge in [0.05, 0.1) is 4.90 Å². The van der Waals surface area contributed by atoms with Crippen LogP contribution >= 0.6 is 0 Å². The lowest BCUT2D eigenvalue weighted by Gasteiger charge is -2.31. The van der Waals surface area contributed by atoms with Gasteiger partial charge in [0.2, 0.25) is 15.9 Å². The molecule has 0 radical (unpaired) electrons. The Morgan fingerprint density at radius 1 is 1.00 bits per heavy atom. The van der Waals surface area contributed by atoms with Gasteiger partial charge in [-0.3, -0.25) is 4.79 Å². The van der Waals surface area contributed by atoms with E-state index < -0.39 is 10.0 Å². The zero-order valence-electron chi connectivity index (χ0n) is 16.9. The predicted octanol–water partition coefficient (Wildman–Crippen LogP) is 3.42. The van der Waals surface area contributed by atoms with Crippen LogP contribution in [-0.2, 0) is 34.2 Å². The zero-order chi connectivity index (χ0) is 21.1. The van der Waals surface area contributed by atoms with E-state index in [1.807, 2.05) is 12.1 Å². The van der Waals surface area contributed by atoms with E-state index >= 15 is 0 Å². The van der Waals surface area contributed by atoms with Gasteiger partial charge in [-0.15, -0.1) is 0 Å². The molecule has 1 N–H and O–H groups in total. The number of piperidine rings is 1. The van der Waals surface area contributed by atoms with E-state index in [4.69, 9.17) is 0 Å². The summed E-state index contributed by atoms with van der Waals surface area (Å²) in [7, 11) is -3.54. The average molecular weight is 431 g/mol. The van der Waals surface area contributed by atoms with Gasteiger partial charge >= 0.3 is 0 Å². The number of fused-ring (bicyclic) bond motifs is 1. The topological polar surface area (TPSA) is 66.5 Å². The molecule has 2 aromatic carbocycles. The van der Waals surface area contributed by atoms with Crippen molar-refractivity contribution in [3.8, 4) is 0 Å². The van der Waals surface area contributed by atoms with E-state index in [1.54, 1.807) is 18.2 Å². The van der Waals surface area contributed by atoms with Crippen molar-refractivity contribution in [3.63, 3.8) is 0 Å². The Balaban J connectivity index is 1.34. The summed E-state index contributed by atoms with van der Waals surface area (Å²) in [4.78, 5) is 12.8. The number of amides is 1. The molecule has 0 aromatic heterocycles. The minimum atomic E-state index is -3.54. The van der Waals surface area contributed by atoms with E-state index in [-0.39, 0.29) is 17.6 Å². The van der Waals surface area contributed by atoms with Gasteiger partial charge in [0.1, 0.15) is 5.82 Å². The maximum atomic E-state index is 13.1. The molecule has 0 bridgehead atoms. The summed E-state index contributed by atoms with van der Waals surface area (Å²) >= 11 is 0. The van der Waals surface area contributed by atoms with Gasteiger partial charge in [-0.05, 0) is 79.5 Å². The van der Waals surface area contributed by atoms with Crippen molar-refractivity contribution >= 4 is 15.9 Å². The highest BCUT2D eigenvalue weighted by molar-refractivity contribution is 7.89. The number of rotatable bonds is 5. The number of hydrogen-bond acceptors (Lipinski definition) is 3. The molecule has 1 saturated heterocycles. The predicted molar refractivity (Wildman–Crippen MR) is 113 cm³/mol. The molecule has 1 fully saturated rings. The second kappa shape index (κ2) is 8.86. The van der Waals surface area contributed by atoms with Crippen molar-refractivity contribution in [2.45, 2.75) is 50.0 Å². The Bertz CT molecular complexity index is 1010. The number of carbonyl (C=O) groups excluding carboxylic acids is 1. The van der Waals surface area contributed by atoms with Crippen LogP contribution in [-0.4, -0.2) is 31.7 Å². The highest BCUT2D eigenvalue weighted by Crippen LogP contribution is 2.28. The summed E-state index contributed by atoms with van der Waals surface area (Å²) in [5.74, 6) is -0.594. The Labute approximate surface area is 177 Å². The van der Waals surface area contributed by atoms with Crippen molar-refractivity contribution in [2.24, 2.45) is 5.92 Å². The fourth-order valence-electron chi connectivity index (χ4n) is 4.31. The van der Waals surface area contributed by atoms with Crippen LogP contribution in [0.2, 0.25) is 0 Å². The van der Waals surface area contributed by atoms with Crippen molar-refractivity contribution in [1.29, 1.82) is 0 Å². The van der Waals surface area contributed by atoms with Crippen LogP contribution in [0.4, 0.5) is 4.39 Å². The first kappa shape index (κ1) is 21.0. The molecule has 1 amide bonds. The Morgan fingerprint density at radius 3 is 2.37 bits per heavy atom. The third-order valence-electron chi connectivity index (χ3n) is 6.16. The van der Waals surface area contributed by atoms with Crippen LogP contribution in [0.1, 0.15) is 42.4 Å². The van der Waals surface area contributed by atoms with E-state index in [2.05, 4.69) is 5.32 Å². The third kappa shape index (κ3) is 4.57. The van der Waals surface area contributed by atoms with Gasteiger partial charge in [0.15, 0.2) is 0 Å². The number of benzene rings is 2. The van der Waals surface area contributed by atoms with Crippen LogP contribution in [0.15, 0.2) is 47.4 Å². The van der Waals surface area contributed by atoms with Gasteiger partial charge in [0.25, 0.3) is 0 Å². The lowest BCUT2D eigenvalue weighted by Crippen LogP contribution is -2.42. The number of halogens is 1. The fraction of sp³-hybridized carbons (Fsp3) is 0.435. The highest BCUT2D eigenvalue weighted by atomic mass is 32.2. The second-order valence-electron chi connectivity index (χ2n) is 8.16. The Morgan fingerprint density at radius 2 is 1.67 bits per heavy atom. The molecule has 7 heteroatoms. The largest absolute Gasteiger partial charge is 0.352 e. The average Bonchev–Trinajstić information content (AvgIpc) is 2.78. The summed E-state index contributed by atoms with van der Waals surface area (Å²) in [6, 6.07) is 11.5. The molecule has 5 nitrogen and oxygen atoms in total. The number of sulfonamides is 1. The quantitative estimate of drug-likeness (QED) is 0.790. The van der Waals surface area contributed by atoms with E-state index in [1.165, 1.54) is 22.0 Å².